The van der Waals surface area contributed by atoms with E-state index in [9.17, 15) is 19.5 Å². The van der Waals surface area contributed by atoms with Crippen LogP contribution in [-0.2, 0) is 27.5 Å². The van der Waals surface area contributed by atoms with Crippen LogP contribution in [0.5, 0.6) is 17.2 Å². The fourth-order valence-electron chi connectivity index (χ4n) is 4.41. The lowest BCUT2D eigenvalue weighted by Gasteiger charge is -2.25. The number of aliphatic hydroxyl groups is 2. The zero-order valence-corrected chi connectivity index (χ0v) is 23.2. The van der Waals surface area contributed by atoms with Crippen molar-refractivity contribution in [3.05, 3.63) is 72.1 Å². The summed E-state index contributed by atoms with van der Waals surface area (Å²) in [7, 11) is 1.68. The first kappa shape index (κ1) is 31.9. The van der Waals surface area contributed by atoms with Gasteiger partial charge in [0.25, 0.3) is 0 Å². The highest BCUT2D eigenvalue weighted by Crippen LogP contribution is 2.33. The Balaban J connectivity index is 0.000000316. The van der Waals surface area contributed by atoms with Crippen LogP contribution in [0.15, 0.2) is 60.8 Å². The van der Waals surface area contributed by atoms with E-state index in [1.54, 1.807) is 7.11 Å². The van der Waals surface area contributed by atoms with Crippen LogP contribution >= 0.6 is 0 Å². The van der Waals surface area contributed by atoms with Crippen LogP contribution in [-0.4, -0.2) is 85.1 Å². The molecule has 1 atom stereocenters. The first-order valence-corrected chi connectivity index (χ1v) is 12.9. The van der Waals surface area contributed by atoms with Crippen molar-refractivity contribution < 1.29 is 54.1 Å². The Morgan fingerprint density at radius 2 is 1.64 bits per heavy atom. The van der Waals surface area contributed by atoms with Crippen molar-refractivity contribution in [2.24, 2.45) is 0 Å². The SMILES string of the molecule is COc1ccccc1-n1cccc1CN(Cc1ccc2c(c1)OCO2)CC(C)O.O=C(O)CC(O)(CC(=O)O)C(=O)O. The molecule has 42 heavy (non-hydrogen) atoms. The van der Waals surface area contributed by atoms with Crippen LogP contribution in [0.2, 0.25) is 0 Å². The van der Waals surface area contributed by atoms with E-state index in [0.29, 0.717) is 19.6 Å². The van der Waals surface area contributed by atoms with Gasteiger partial charge in [0.05, 0.1) is 31.7 Å². The molecule has 13 heteroatoms. The lowest BCUT2D eigenvalue weighted by atomic mass is 9.96. The number of ether oxygens (including phenoxy) is 3. The van der Waals surface area contributed by atoms with Crippen LogP contribution in [0.1, 0.15) is 31.0 Å². The standard InChI is InChI=1S/C23H26N2O4.C6H8O7/c1-17(26)13-24(14-18-9-10-22-23(12-18)29-16-28-22)15-19-6-5-11-25(19)20-7-3-4-8-21(20)27-2;7-3(8)1-6(13,5(11)12)2-4(9)10/h3-12,17,26H,13-16H2,1-2H3;13H,1-2H2,(H,7,8)(H,9,10)(H,11,12). The molecule has 4 rings (SSSR count). The van der Waals surface area contributed by atoms with Gasteiger partial charge in [0.15, 0.2) is 17.1 Å². The number of nitrogens with zero attached hydrogens (tertiary/aromatic N) is 2. The van der Waals surface area contributed by atoms with Gasteiger partial charge in [0.1, 0.15) is 5.75 Å². The van der Waals surface area contributed by atoms with Gasteiger partial charge in [-0.05, 0) is 48.9 Å². The normalized spacial score (nSPS) is 12.8. The number of para-hydroxylation sites is 2. The second kappa shape index (κ2) is 14.3. The van der Waals surface area contributed by atoms with E-state index in [1.165, 1.54) is 0 Å². The zero-order chi connectivity index (χ0) is 30.9. The molecule has 1 aliphatic rings. The quantitative estimate of drug-likeness (QED) is 0.197. The minimum Gasteiger partial charge on any atom is -0.495 e. The Bertz CT molecular complexity index is 1370. The van der Waals surface area contributed by atoms with Crippen LogP contribution in [0.4, 0.5) is 0 Å². The lowest BCUT2D eigenvalue weighted by molar-refractivity contribution is -0.170. The van der Waals surface area contributed by atoms with Crippen LogP contribution < -0.4 is 14.2 Å². The second-order valence-electron chi connectivity index (χ2n) is 9.73. The van der Waals surface area contributed by atoms with Crippen LogP contribution in [0, 0.1) is 0 Å². The van der Waals surface area contributed by atoms with Gasteiger partial charge in [0.2, 0.25) is 6.79 Å². The van der Waals surface area contributed by atoms with Crippen molar-refractivity contribution in [1.29, 1.82) is 0 Å². The first-order chi connectivity index (χ1) is 19.9. The predicted octanol–water partition coefficient (Wildman–Crippen LogP) is 2.35. The van der Waals surface area contributed by atoms with Gasteiger partial charge < -0.3 is 44.3 Å². The number of carbonyl (C=O) groups is 3. The smallest absolute Gasteiger partial charge is 0.336 e. The Morgan fingerprint density at radius 1 is 0.976 bits per heavy atom. The van der Waals surface area contributed by atoms with Gasteiger partial charge in [-0.3, -0.25) is 14.5 Å². The maximum Gasteiger partial charge on any atom is 0.336 e. The van der Waals surface area contributed by atoms with Gasteiger partial charge in [-0.2, -0.15) is 0 Å². The largest absolute Gasteiger partial charge is 0.495 e. The highest BCUT2D eigenvalue weighted by atomic mass is 16.7. The third-order valence-electron chi connectivity index (χ3n) is 6.21. The molecular weight excluding hydrogens is 552 g/mol. The number of rotatable bonds is 13. The topological polar surface area (TPSA) is 188 Å². The molecule has 0 fully saturated rings. The summed E-state index contributed by atoms with van der Waals surface area (Å²) in [5.41, 5.74) is 0.494. The number of carboxylic acid groups (broad SMARTS) is 3. The maximum absolute atomic E-state index is 10.3. The molecular formula is C29H34N2O11. The number of benzene rings is 2. The van der Waals surface area contributed by atoms with Gasteiger partial charge >= 0.3 is 17.9 Å². The third kappa shape index (κ3) is 8.70. The average molecular weight is 587 g/mol. The van der Waals surface area contributed by atoms with Gasteiger partial charge in [0, 0.05) is 31.5 Å². The fourth-order valence-corrected chi connectivity index (χ4v) is 4.41. The second-order valence-corrected chi connectivity index (χ2v) is 9.73. The van der Waals surface area contributed by atoms with Crippen molar-refractivity contribution in [3.8, 4) is 22.9 Å². The Kier molecular flexibility index (Phi) is 10.9. The van der Waals surface area contributed by atoms with Crippen molar-refractivity contribution in [2.75, 3.05) is 20.4 Å². The van der Waals surface area contributed by atoms with E-state index >= 15 is 0 Å². The number of hydrogen-bond donors (Lipinski definition) is 5. The summed E-state index contributed by atoms with van der Waals surface area (Å²) in [6.45, 7) is 4.02. The molecule has 1 aliphatic heterocycles. The van der Waals surface area contributed by atoms with Gasteiger partial charge in [-0.1, -0.05) is 18.2 Å². The van der Waals surface area contributed by atoms with Crippen molar-refractivity contribution in [2.45, 2.75) is 44.6 Å². The van der Waals surface area contributed by atoms with E-state index in [1.807, 2.05) is 61.7 Å². The van der Waals surface area contributed by atoms with Gasteiger partial charge in [-0.25, -0.2) is 4.79 Å². The molecule has 0 amide bonds. The molecule has 0 spiro atoms. The molecule has 5 N–H and O–H groups in total. The summed E-state index contributed by atoms with van der Waals surface area (Å²) < 4.78 is 18.6. The number of aliphatic hydroxyl groups excluding tert-OH is 1. The van der Waals surface area contributed by atoms with Crippen LogP contribution in [0.3, 0.4) is 0 Å². The lowest BCUT2D eigenvalue weighted by Crippen LogP contribution is -2.42. The average Bonchev–Trinajstić information content (AvgIpc) is 3.56. The molecule has 2 heterocycles. The summed E-state index contributed by atoms with van der Waals surface area (Å²) in [4.78, 5) is 32.7. The van der Waals surface area contributed by atoms with Crippen molar-refractivity contribution in [1.82, 2.24) is 9.47 Å². The number of fused-ring (bicyclic) bond motifs is 1. The highest BCUT2D eigenvalue weighted by molar-refractivity contribution is 5.88. The minimum atomic E-state index is -2.74. The van der Waals surface area contributed by atoms with Crippen LogP contribution in [0.25, 0.3) is 5.69 Å². The highest BCUT2D eigenvalue weighted by Gasteiger charge is 2.40. The summed E-state index contributed by atoms with van der Waals surface area (Å²) in [5.74, 6) is -2.64. The molecule has 1 unspecified atom stereocenters. The molecule has 0 aliphatic carbocycles. The molecule has 226 valence electrons. The number of methoxy groups -OCH3 is 1. The van der Waals surface area contributed by atoms with E-state index in [0.717, 1.165) is 34.2 Å². The Labute approximate surface area is 241 Å². The molecule has 13 nitrogen and oxygen atoms in total. The van der Waals surface area contributed by atoms with E-state index in [4.69, 9.17) is 34.6 Å². The number of aliphatic carboxylic acids is 3. The number of hydrogen-bond acceptors (Lipinski definition) is 9. The van der Waals surface area contributed by atoms with E-state index in [-0.39, 0.29) is 6.79 Å². The zero-order valence-electron chi connectivity index (χ0n) is 23.2. The molecule has 0 saturated carbocycles. The monoisotopic (exact) mass is 586 g/mol. The summed E-state index contributed by atoms with van der Waals surface area (Å²) in [6, 6.07) is 18.1. The fraction of sp³-hybridized carbons (Fsp3) is 0.345. The summed E-state index contributed by atoms with van der Waals surface area (Å²) in [5, 5.41) is 43.9. The summed E-state index contributed by atoms with van der Waals surface area (Å²) >= 11 is 0. The third-order valence-corrected chi connectivity index (χ3v) is 6.21. The van der Waals surface area contributed by atoms with Crippen molar-refractivity contribution >= 4 is 17.9 Å². The van der Waals surface area contributed by atoms with E-state index in [2.05, 4.69) is 15.5 Å². The molecule has 0 saturated heterocycles. The van der Waals surface area contributed by atoms with Crippen molar-refractivity contribution in [3.63, 3.8) is 0 Å². The molecule has 2 aromatic carbocycles. The number of aromatic nitrogens is 1. The molecule has 3 aromatic rings. The molecule has 0 bridgehead atoms. The predicted molar refractivity (Wildman–Crippen MR) is 148 cm³/mol. The van der Waals surface area contributed by atoms with E-state index < -0.39 is 42.5 Å². The number of carboxylic acids is 3. The Morgan fingerprint density at radius 3 is 2.26 bits per heavy atom. The maximum atomic E-state index is 10.3. The Hall–Kier alpha value is -4.59. The molecule has 1 aromatic heterocycles. The summed E-state index contributed by atoms with van der Waals surface area (Å²) in [6.07, 6.45) is -0.684. The first-order valence-electron chi connectivity index (χ1n) is 12.9. The molecule has 0 radical (unpaired) electrons. The van der Waals surface area contributed by atoms with Gasteiger partial charge in [-0.15, -0.1) is 0 Å². The minimum absolute atomic E-state index is 0.266.